The molecule has 0 aliphatic heterocycles. The van der Waals surface area contributed by atoms with Gasteiger partial charge in [0.1, 0.15) is 0 Å². The number of halogens is 1. The zero-order valence-electron chi connectivity index (χ0n) is 16.5. The van der Waals surface area contributed by atoms with Crippen molar-refractivity contribution in [3.8, 4) is 0 Å². The highest BCUT2D eigenvalue weighted by Crippen LogP contribution is 2.10. The van der Waals surface area contributed by atoms with Crippen molar-refractivity contribution >= 4 is 29.9 Å². The van der Waals surface area contributed by atoms with Crippen molar-refractivity contribution in [1.29, 1.82) is 0 Å². The Morgan fingerprint density at radius 2 is 1.92 bits per heavy atom. The van der Waals surface area contributed by atoms with Gasteiger partial charge in [-0.2, -0.15) is 4.98 Å². The number of aromatic nitrogens is 2. The van der Waals surface area contributed by atoms with Crippen LogP contribution in [0.5, 0.6) is 0 Å². The number of aryl methyl sites for hydroxylation is 1. The number of aliphatic imine (C=N–C) groups is 1. The minimum Gasteiger partial charge on any atom is -0.357 e. The Bertz CT molecular complexity index is 476. The zero-order valence-corrected chi connectivity index (χ0v) is 18.8. The minimum absolute atomic E-state index is 0. The summed E-state index contributed by atoms with van der Waals surface area (Å²) in [6.07, 6.45) is 6.67. The van der Waals surface area contributed by atoms with Crippen LogP contribution in [0.15, 0.2) is 9.52 Å². The minimum atomic E-state index is 0. The van der Waals surface area contributed by atoms with E-state index in [9.17, 15) is 0 Å². The van der Waals surface area contributed by atoms with E-state index in [0.717, 1.165) is 37.7 Å². The molecule has 0 amide bonds. The van der Waals surface area contributed by atoms with E-state index < -0.39 is 0 Å². The molecule has 1 atom stereocenters. The van der Waals surface area contributed by atoms with Crippen molar-refractivity contribution < 1.29 is 4.52 Å². The average molecular weight is 465 g/mol. The van der Waals surface area contributed by atoms with Gasteiger partial charge in [-0.3, -0.25) is 4.99 Å². The second-order valence-electron chi connectivity index (χ2n) is 6.61. The van der Waals surface area contributed by atoms with Crippen LogP contribution in [-0.4, -0.2) is 35.2 Å². The Hall–Kier alpha value is -0.860. The first kappa shape index (κ1) is 24.1. The molecule has 1 heterocycles. The summed E-state index contributed by atoms with van der Waals surface area (Å²) in [4.78, 5) is 9.04. The van der Waals surface area contributed by atoms with Crippen molar-refractivity contribution in [2.24, 2.45) is 4.99 Å². The summed E-state index contributed by atoms with van der Waals surface area (Å²) in [6, 6.07) is 0.443. The Kier molecular flexibility index (Phi) is 13.8. The van der Waals surface area contributed by atoms with Crippen LogP contribution in [0, 0.1) is 0 Å². The van der Waals surface area contributed by atoms with Gasteiger partial charge < -0.3 is 15.2 Å². The lowest BCUT2D eigenvalue weighted by Gasteiger charge is -2.17. The summed E-state index contributed by atoms with van der Waals surface area (Å²) < 4.78 is 5.26. The third kappa shape index (κ3) is 10.7. The summed E-state index contributed by atoms with van der Waals surface area (Å²) in [5.74, 6) is 2.69. The summed E-state index contributed by atoms with van der Waals surface area (Å²) in [7, 11) is 0. The number of hydrogen-bond donors (Lipinski definition) is 2. The molecule has 7 heteroatoms. The Morgan fingerprint density at radius 1 is 1.16 bits per heavy atom. The highest BCUT2D eigenvalue weighted by molar-refractivity contribution is 14.0. The van der Waals surface area contributed by atoms with Crippen LogP contribution >= 0.6 is 24.0 Å². The highest BCUT2D eigenvalue weighted by Gasteiger charge is 2.09. The quantitative estimate of drug-likeness (QED) is 0.221. The van der Waals surface area contributed by atoms with Crippen molar-refractivity contribution in [2.75, 3.05) is 13.1 Å². The van der Waals surface area contributed by atoms with Crippen LogP contribution in [0.2, 0.25) is 0 Å². The van der Waals surface area contributed by atoms with Gasteiger partial charge in [0.05, 0.1) is 0 Å². The molecule has 1 aromatic heterocycles. The third-order valence-electron chi connectivity index (χ3n) is 3.79. The van der Waals surface area contributed by atoms with Gasteiger partial charge in [0.2, 0.25) is 5.89 Å². The molecule has 0 aliphatic carbocycles. The van der Waals surface area contributed by atoms with Crippen LogP contribution in [0.3, 0.4) is 0 Å². The maximum absolute atomic E-state index is 5.26. The van der Waals surface area contributed by atoms with Gasteiger partial charge in [0.25, 0.3) is 0 Å². The van der Waals surface area contributed by atoms with E-state index in [1.54, 1.807) is 0 Å². The maximum atomic E-state index is 5.26. The van der Waals surface area contributed by atoms with Crippen LogP contribution in [0.25, 0.3) is 0 Å². The number of guanidine groups is 1. The summed E-state index contributed by atoms with van der Waals surface area (Å²) in [5, 5.41) is 10.8. The van der Waals surface area contributed by atoms with Crippen LogP contribution in [0.4, 0.5) is 0 Å². The van der Waals surface area contributed by atoms with Gasteiger partial charge in [-0.05, 0) is 26.7 Å². The Labute approximate surface area is 170 Å². The Morgan fingerprint density at radius 3 is 2.52 bits per heavy atom. The molecule has 0 fully saturated rings. The first-order valence-corrected chi connectivity index (χ1v) is 9.44. The van der Waals surface area contributed by atoms with Crippen molar-refractivity contribution in [3.05, 3.63) is 11.7 Å². The van der Waals surface area contributed by atoms with E-state index in [-0.39, 0.29) is 24.0 Å². The summed E-state index contributed by atoms with van der Waals surface area (Å²) in [6.45, 7) is 12.3. The normalized spacial score (nSPS) is 12.8. The third-order valence-corrected chi connectivity index (χ3v) is 3.79. The van der Waals surface area contributed by atoms with Gasteiger partial charge in [-0.1, -0.05) is 45.2 Å². The molecule has 0 spiro atoms. The van der Waals surface area contributed by atoms with E-state index in [1.807, 2.05) is 0 Å². The molecule has 1 aromatic rings. The van der Waals surface area contributed by atoms with Gasteiger partial charge in [-0.15, -0.1) is 24.0 Å². The molecule has 146 valence electrons. The Balaban J connectivity index is 0.00000576. The first-order chi connectivity index (χ1) is 11.6. The number of nitrogens with one attached hydrogen (secondary N) is 2. The summed E-state index contributed by atoms with van der Waals surface area (Å²) >= 11 is 0. The molecule has 2 N–H and O–H groups in total. The molecule has 0 bridgehead atoms. The van der Waals surface area contributed by atoms with Gasteiger partial charge in [0.15, 0.2) is 11.8 Å². The number of hydrogen-bond acceptors (Lipinski definition) is 4. The smallest absolute Gasteiger partial charge is 0.226 e. The van der Waals surface area contributed by atoms with E-state index in [1.165, 1.54) is 25.7 Å². The number of nitrogens with zero attached hydrogens (tertiary/aromatic N) is 3. The fourth-order valence-corrected chi connectivity index (χ4v) is 2.35. The van der Waals surface area contributed by atoms with Crippen molar-refractivity contribution in [3.63, 3.8) is 0 Å². The fraction of sp³-hybridized carbons (Fsp3) is 0.833. The molecular formula is C18H36IN5O. The molecule has 6 nitrogen and oxygen atoms in total. The predicted octanol–water partition coefficient (Wildman–Crippen LogP) is 4.27. The molecule has 1 rings (SSSR count). The lowest BCUT2D eigenvalue weighted by molar-refractivity contribution is 0.369. The van der Waals surface area contributed by atoms with Gasteiger partial charge in [-0.25, -0.2) is 0 Å². The van der Waals surface area contributed by atoms with Crippen LogP contribution < -0.4 is 10.6 Å². The maximum Gasteiger partial charge on any atom is 0.226 e. The molecule has 0 saturated heterocycles. The van der Waals surface area contributed by atoms with E-state index in [4.69, 9.17) is 4.52 Å². The molecule has 0 saturated carbocycles. The second kappa shape index (κ2) is 14.3. The van der Waals surface area contributed by atoms with Crippen LogP contribution in [0.1, 0.15) is 84.4 Å². The fourth-order valence-electron chi connectivity index (χ4n) is 2.35. The monoisotopic (exact) mass is 465 g/mol. The average Bonchev–Trinajstić information content (AvgIpc) is 3.01. The van der Waals surface area contributed by atoms with E-state index >= 15 is 0 Å². The predicted molar refractivity (Wildman–Crippen MR) is 115 cm³/mol. The lowest BCUT2D eigenvalue weighted by Crippen LogP contribution is -2.42. The standard InChI is InChI=1S/C18H35N5O.HI/c1-6-8-9-11-15(5)21-18(19-7-2)20-13-10-12-16-22-17(14(3)4)23-24-16;/h14-15H,6-13H2,1-5H3,(H2,19,20,21);1H. The molecule has 0 aliphatic rings. The van der Waals surface area contributed by atoms with Crippen molar-refractivity contribution in [2.45, 2.75) is 85.1 Å². The lowest BCUT2D eigenvalue weighted by atomic mass is 10.1. The first-order valence-electron chi connectivity index (χ1n) is 9.44. The molecule has 1 unspecified atom stereocenters. The number of rotatable bonds is 11. The molecule has 0 radical (unpaired) electrons. The molecule has 0 aromatic carbocycles. The molecular weight excluding hydrogens is 429 g/mol. The number of unbranched alkanes of at least 4 members (excludes halogenated alkanes) is 2. The SMILES string of the molecule is CCCCCC(C)NC(=NCCCc1nc(C(C)C)no1)NCC.I. The topological polar surface area (TPSA) is 75.3 Å². The molecule has 25 heavy (non-hydrogen) atoms. The zero-order chi connectivity index (χ0) is 17.8. The van der Waals surface area contributed by atoms with Gasteiger partial charge in [0, 0.05) is 31.5 Å². The highest BCUT2D eigenvalue weighted by atomic mass is 127. The second-order valence-corrected chi connectivity index (χ2v) is 6.61. The van der Waals surface area contributed by atoms with Crippen molar-refractivity contribution in [1.82, 2.24) is 20.8 Å². The van der Waals surface area contributed by atoms with E-state index in [2.05, 4.69) is 60.4 Å². The van der Waals surface area contributed by atoms with Gasteiger partial charge >= 0.3 is 0 Å². The van der Waals surface area contributed by atoms with E-state index in [0.29, 0.717) is 17.9 Å². The largest absolute Gasteiger partial charge is 0.357 e. The summed E-state index contributed by atoms with van der Waals surface area (Å²) in [5.41, 5.74) is 0. The van der Waals surface area contributed by atoms with Crippen LogP contribution in [-0.2, 0) is 6.42 Å².